The van der Waals surface area contributed by atoms with Crippen molar-refractivity contribution < 1.29 is 0 Å². The van der Waals surface area contributed by atoms with E-state index in [1.165, 1.54) is 45.7 Å². The molecule has 4 heterocycles. The zero-order chi connectivity index (χ0) is 31.6. The summed E-state index contributed by atoms with van der Waals surface area (Å²) in [4.78, 5) is 15.6. The Bertz CT molecular complexity index is 2840. The van der Waals surface area contributed by atoms with Crippen molar-refractivity contribution in [3.05, 3.63) is 152 Å². The van der Waals surface area contributed by atoms with Gasteiger partial charge in [0.25, 0.3) is 0 Å². The fraction of sp³-hybridized carbons (Fsp3) is 0. The lowest BCUT2D eigenvalue weighted by Crippen LogP contribution is -1.96. The van der Waals surface area contributed by atoms with Gasteiger partial charge in [-0.1, -0.05) is 121 Å². The highest BCUT2D eigenvalue weighted by atomic mass is 32.1. The maximum Gasteiger partial charge on any atom is 0.160 e. The zero-order valence-electron chi connectivity index (χ0n) is 25.6. The number of hydrogen-bond acceptors (Lipinski definition) is 5. The van der Waals surface area contributed by atoms with Crippen LogP contribution in [0.1, 0.15) is 0 Å². The van der Waals surface area contributed by atoms with Gasteiger partial charge < -0.3 is 0 Å². The molecule has 0 fully saturated rings. The van der Waals surface area contributed by atoms with Gasteiger partial charge in [-0.2, -0.15) is 0 Å². The molecule has 10 aromatic rings. The van der Waals surface area contributed by atoms with Crippen molar-refractivity contribution in [3.63, 3.8) is 0 Å². The number of para-hydroxylation sites is 1. The molecule has 3 nitrogen and oxygen atoms in total. The molecule has 5 heteroatoms. The van der Waals surface area contributed by atoms with Gasteiger partial charge in [0.2, 0.25) is 0 Å². The molecule has 0 unspecified atom stereocenters. The molecule has 0 bridgehead atoms. The lowest BCUT2D eigenvalue weighted by atomic mass is 10.00. The Hall–Kier alpha value is -5.75. The predicted octanol–water partition coefficient (Wildman–Crippen LogP) is 12.4. The van der Waals surface area contributed by atoms with Crippen molar-refractivity contribution in [3.8, 4) is 45.2 Å². The Kier molecular flexibility index (Phi) is 6.22. The van der Waals surface area contributed by atoms with E-state index in [9.17, 15) is 0 Å². The first-order valence-electron chi connectivity index (χ1n) is 15.9. The highest BCUT2D eigenvalue weighted by Gasteiger charge is 2.19. The Labute approximate surface area is 284 Å². The number of hydrogen-bond donors (Lipinski definition) is 0. The third-order valence-electron chi connectivity index (χ3n) is 9.09. The van der Waals surface area contributed by atoms with Crippen LogP contribution in [0.2, 0.25) is 0 Å². The molecule has 6 aromatic carbocycles. The second-order valence-electron chi connectivity index (χ2n) is 12.0. The van der Waals surface area contributed by atoms with Crippen LogP contribution in [-0.4, -0.2) is 15.0 Å². The second kappa shape index (κ2) is 10.9. The highest BCUT2D eigenvalue weighted by molar-refractivity contribution is 7.27. The van der Waals surface area contributed by atoms with Gasteiger partial charge in [0.05, 0.1) is 22.6 Å². The molecular formula is C43H25N3S2. The summed E-state index contributed by atoms with van der Waals surface area (Å²) in [6, 6.07) is 53.4. The lowest BCUT2D eigenvalue weighted by molar-refractivity contribution is 1.19. The largest absolute Gasteiger partial charge is 0.247 e. The Balaban J connectivity index is 1.24. The van der Waals surface area contributed by atoms with Crippen LogP contribution >= 0.6 is 22.7 Å². The van der Waals surface area contributed by atoms with Crippen molar-refractivity contribution in [1.29, 1.82) is 0 Å². The quantitative estimate of drug-likeness (QED) is 0.191. The Morgan fingerprint density at radius 3 is 1.92 bits per heavy atom. The third kappa shape index (κ3) is 4.36. The fourth-order valence-corrected chi connectivity index (χ4v) is 9.27. The van der Waals surface area contributed by atoms with Gasteiger partial charge in [-0.15, -0.1) is 22.7 Å². The summed E-state index contributed by atoms with van der Waals surface area (Å²) < 4.78 is 5.02. The first-order valence-corrected chi connectivity index (χ1v) is 17.6. The molecule has 0 amide bonds. The zero-order valence-corrected chi connectivity index (χ0v) is 27.2. The molecule has 224 valence electrons. The number of benzene rings is 6. The number of aromatic nitrogens is 3. The fourth-order valence-electron chi connectivity index (χ4n) is 6.82. The summed E-state index contributed by atoms with van der Waals surface area (Å²) >= 11 is 3.66. The van der Waals surface area contributed by atoms with Gasteiger partial charge in [-0.05, 0) is 30.3 Å². The molecular weight excluding hydrogens is 623 g/mol. The molecule has 48 heavy (non-hydrogen) atoms. The van der Waals surface area contributed by atoms with E-state index < -0.39 is 0 Å². The lowest BCUT2D eigenvalue weighted by Gasteiger charge is -2.11. The smallest absolute Gasteiger partial charge is 0.160 e. The van der Waals surface area contributed by atoms with Crippen LogP contribution in [0.15, 0.2) is 152 Å². The third-order valence-corrected chi connectivity index (χ3v) is 11.5. The van der Waals surface area contributed by atoms with Crippen LogP contribution in [-0.2, 0) is 0 Å². The Morgan fingerprint density at radius 1 is 0.396 bits per heavy atom. The van der Waals surface area contributed by atoms with E-state index in [2.05, 4.69) is 133 Å². The van der Waals surface area contributed by atoms with Gasteiger partial charge in [0.15, 0.2) is 5.82 Å². The molecule has 0 N–H and O–H groups in total. The number of thiophene rings is 2. The van der Waals surface area contributed by atoms with Crippen LogP contribution in [0, 0.1) is 0 Å². The topological polar surface area (TPSA) is 38.7 Å². The van der Waals surface area contributed by atoms with Crippen molar-refractivity contribution in [1.82, 2.24) is 15.0 Å². The first-order chi connectivity index (χ1) is 23.8. The van der Waals surface area contributed by atoms with Gasteiger partial charge in [0.1, 0.15) is 0 Å². The average molecular weight is 648 g/mol. The predicted molar refractivity (Wildman–Crippen MR) is 205 cm³/mol. The van der Waals surface area contributed by atoms with Crippen LogP contribution < -0.4 is 0 Å². The molecule has 0 saturated carbocycles. The van der Waals surface area contributed by atoms with Crippen molar-refractivity contribution >= 4 is 73.9 Å². The molecule has 0 saturated heterocycles. The van der Waals surface area contributed by atoms with E-state index in [1.54, 1.807) is 0 Å². The van der Waals surface area contributed by atoms with E-state index in [1.807, 2.05) is 40.9 Å². The van der Waals surface area contributed by atoms with E-state index in [0.717, 1.165) is 44.9 Å². The van der Waals surface area contributed by atoms with E-state index in [-0.39, 0.29) is 0 Å². The van der Waals surface area contributed by atoms with Gasteiger partial charge in [-0.3, -0.25) is 0 Å². The molecule has 0 spiro atoms. The SMILES string of the molecule is c1ccc(-c2nc(-c3ccc4sc5c6ccccc6nc(-c6ccccc6)c5c4c3)cc(-c3cccc4c3sc3ccccc34)n2)cc1. The van der Waals surface area contributed by atoms with E-state index >= 15 is 0 Å². The van der Waals surface area contributed by atoms with Crippen molar-refractivity contribution in [2.75, 3.05) is 0 Å². The minimum absolute atomic E-state index is 0.717. The van der Waals surface area contributed by atoms with Crippen molar-refractivity contribution in [2.24, 2.45) is 0 Å². The van der Waals surface area contributed by atoms with Gasteiger partial charge in [-0.25, -0.2) is 15.0 Å². The summed E-state index contributed by atoms with van der Waals surface area (Å²) in [7, 11) is 0. The molecule has 4 aromatic heterocycles. The molecule has 0 aliphatic carbocycles. The highest BCUT2D eigenvalue weighted by Crippen LogP contribution is 2.45. The maximum atomic E-state index is 5.24. The Morgan fingerprint density at radius 2 is 1.06 bits per heavy atom. The molecule has 0 atom stereocenters. The van der Waals surface area contributed by atoms with Gasteiger partial charge >= 0.3 is 0 Å². The monoisotopic (exact) mass is 647 g/mol. The van der Waals surface area contributed by atoms with Crippen LogP contribution in [0.4, 0.5) is 0 Å². The van der Waals surface area contributed by atoms with Crippen LogP contribution in [0.5, 0.6) is 0 Å². The number of fused-ring (bicyclic) bond motifs is 8. The van der Waals surface area contributed by atoms with Gasteiger partial charge in [0, 0.05) is 68.0 Å². The normalized spacial score (nSPS) is 11.8. The van der Waals surface area contributed by atoms with Crippen molar-refractivity contribution in [2.45, 2.75) is 0 Å². The average Bonchev–Trinajstić information content (AvgIpc) is 3.74. The standard InChI is InChI=1S/C43H25N3S2/c1-3-12-26(13-4-1)40-39-33-24-28(22-23-38(33)48-42(39)31-17-7-9-20-34(31)44-40)35-25-36(46-43(45-35)27-14-5-2-6-15-27)32-19-11-18-30-29-16-8-10-21-37(29)47-41(30)32/h1-25H. The van der Waals surface area contributed by atoms with E-state index in [4.69, 9.17) is 15.0 Å². The van der Waals surface area contributed by atoms with Crippen LogP contribution in [0.3, 0.4) is 0 Å². The molecule has 0 aliphatic rings. The minimum Gasteiger partial charge on any atom is -0.247 e. The maximum absolute atomic E-state index is 5.24. The minimum atomic E-state index is 0.717. The van der Waals surface area contributed by atoms with E-state index in [0.29, 0.717) is 5.82 Å². The summed E-state index contributed by atoms with van der Waals surface area (Å²) in [6.07, 6.45) is 0. The summed E-state index contributed by atoms with van der Waals surface area (Å²) in [5.41, 5.74) is 8.13. The summed E-state index contributed by atoms with van der Waals surface area (Å²) in [6.45, 7) is 0. The number of rotatable bonds is 4. The second-order valence-corrected chi connectivity index (χ2v) is 14.1. The molecule has 0 aliphatic heterocycles. The number of pyridine rings is 1. The summed E-state index contributed by atoms with van der Waals surface area (Å²) in [5.74, 6) is 0.717. The summed E-state index contributed by atoms with van der Waals surface area (Å²) in [5, 5.41) is 6.10. The molecule has 10 rings (SSSR count). The van der Waals surface area contributed by atoms with Crippen LogP contribution in [0.25, 0.3) is 96.4 Å². The molecule has 0 radical (unpaired) electrons. The number of nitrogens with zero attached hydrogens (tertiary/aromatic N) is 3. The first kappa shape index (κ1) is 27.4.